The smallest absolute Gasteiger partial charge is 0.0287 e. The van der Waals surface area contributed by atoms with Crippen LogP contribution in [-0.4, -0.2) is 0 Å². The second-order valence-electron chi connectivity index (χ2n) is 5.32. The molecule has 0 nitrogen and oxygen atoms in total. The number of unbranched alkanes of at least 4 members (excludes halogenated alkanes) is 8. The van der Waals surface area contributed by atoms with Crippen molar-refractivity contribution in [3.8, 4) is 0 Å². The summed E-state index contributed by atoms with van der Waals surface area (Å²) in [5, 5.41) is 0. The van der Waals surface area contributed by atoms with Gasteiger partial charge < -0.3 is 0 Å². The van der Waals surface area contributed by atoms with Gasteiger partial charge in [0.1, 0.15) is 0 Å². The SMILES string of the molecule is CCCCCCCCCCC=CC=CC(C)C. The van der Waals surface area contributed by atoms with Gasteiger partial charge in [-0.25, -0.2) is 0 Å². The molecule has 0 aromatic rings. The minimum absolute atomic E-state index is 0.669. The molecule has 0 aliphatic heterocycles. The van der Waals surface area contributed by atoms with Crippen LogP contribution in [-0.2, 0) is 0 Å². The van der Waals surface area contributed by atoms with E-state index in [0.717, 1.165) is 0 Å². The molecule has 0 bridgehead atoms. The van der Waals surface area contributed by atoms with Gasteiger partial charge in [-0.3, -0.25) is 0 Å². The van der Waals surface area contributed by atoms with Gasteiger partial charge in [-0.2, -0.15) is 0 Å². The molecule has 0 rings (SSSR count). The van der Waals surface area contributed by atoms with Gasteiger partial charge in [0.2, 0.25) is 0 Å². The second-order valence-corrected chi connectivity index (χ2v) is 5.32. The fraction of sp³-hybridized carbons (Fsp3) is 0.765. The van der Waals surface area contributed by atoms with Crippen molar-refractivity contribution in [2.24, 2.45) is 5.92 Å². The van der Waals surface area contributed by atoms with Gasteiger partial charge in [0.15, 0.2) is 0 Å². The van der Waals surface area contributed by atoms with Crippen LogP contribution in [0.3, 0.4) is 0 Å². The highest BCUT2D eigenvalue weighted by molar-refractivity contribution is 5.03. The van der Waals surface area contributed by atoms with Gasteiger partial charge in [-0.1, -0.05) is 90.0 Å². The van der Waals surface area contributed by atoms with Crippen LogP contribution in [0.5, 0.6) is 0 Å². The summed E-state index contributed by atoms with van der Waals surface area (Å²) in [6, 6.07) is 0. The molecule has 0 aromatic heterocycles. The summed E-state index contributed by atoms with van der Waals surface area (Å²) >= 11 is 0. The molecule has 0 aromatic carbocycles. The van der Waals surface area contributed by atoms with Gasteiger partial charge in [0.05, 0.1) is 0 Å². The quantitative estimate of drug-likeness (QED) is 0.292. The lowest BCUT2D eigenvalue weighted by molar-refractivity contribution is 0.577. The number of rotatable bonds is 11. The van der Waals surface area contributed by atoms with E-state index in [-0.39, 0.29) is 0 Å². The molecule has 0 saturated heterocycles. The first-order valence-electron chi connectivity index (χ1n) is 7.60. The third-order valence-corrected chi connectivity index (χ3v) is 2.97. The van der Waals surface area contributed by atoms with Gasteiger partial charge in [-0.15, -0.1) is 0 Å². The van der Waals surface area contributed by atoms with Crippen LogP contribution in [0.1, 0.15) is 78.6 Å². The summed E-state index contributed by atoms with van der Waals surface area (Å²) in [6.07, 6.45) is 21.5. The van der Waals surface area contributed by atoms with Gasteiger partial charge in [0.25, 0.3) is 0 Å². The lowest BCUT2D eigenvalue weighted by Crippen LogP contribution is -1.79. The van der Waals surface area contributed by atoms with Crippen molar-refractivity contribution >= 4 is 0 Å². The Labute approximate surface area is 109 Å². The Morgan fingerprint density at radius 1 is 0.765 bits per heavy atom. The summed E-state index contributed by atoms with van der Waals surface area (Å²) < 4.78 is 0. The van der Waals surface area contributed by atoms with Crippen molar-refractivity contribution in [2.45, 2.75) is 78.6 Å². The van der Waals surface area contributed by atoms with Crippen LogP contribution in [0.25, 0.3) is 0 Å². The fourth-order valence-electron chi connectivity index (χ4n) is 1.86. The minimum atomic E-state index is 0.669. The van der Waals surface area contributed by atoms with E-state index in [4.69, 9.17) is 0 Å². The van der Waals surface area contributed by atoms with E-state index in [1.54, 1.807) is 0 Å². The first kappa shape index (κ1) is 16.5. The number of allylic oxidation sites excluding steroid dienone is 4. The predicted molar refractivity (Wildman–Crippen MR) is 80.3 cm³/mol. The van der Waals surface area contributed by atoms with Crippen molar-refractivity contribution in [1.82, 2.24) is 0 Å². The Bertz CT molecular complexity index is 186. The zero-order chi connectivity index (χ0) is 12.8. The number of hydrogen-bond donors (Lipinski definition) is 0. The van der Waals surface area contributed by atoms with Crippen molar-refractivity contribution < 1.29 is 0 Å². The monoisotopic (exact) mass is 236 g/mol. The predicted octanol–water partition coefficient (Wildman–Crippen LogP) is 6.29. The molecule has 17 heavy (non-hydrogen) atoms. The Kier molecular flexibility index (Phi) is 13.1. The maximum Gasteiger partial charge on any atom is -0.0287 e. The molecule has 0 heteroatoms. The van der Waals surface area contributed by atoms with E-state index in [1.165, 1.54) is 57.8 Å². The van der Waals surface area contributed by atoms with E-state index in [9.17, 15) is 0 Å². The first-order valence-corrected chi connectivity index (χ1v) is 7.60. The van der Waals surface area contributed by atoms with Crippen LogP contribution in [0.2, 0.25) is 0 Å². The van der Waals surface area contributed by atoms with Crippen LogP contribution < -0.4 is 0 Å². The van der Waals surface area contributed by atoms with Crippen molar-refractivity contribution in [1.29, 1.82) is 0 Å². The molecule has 0 radical (unpaired) electrons. The highest BCUT2D eigenvalue weighted by Gasteiger charge is 1.90. The lowest BCUT2D eigenvalue weighted by atomic mass is 10.1. The third kappa shape index (κ3) is 15.5. The van der Waals surface area contributed by atoms with Crippen molar-refractivity contribution in [2.75, 3.05) is 0 Å². The van der Waals surface area contributed by atoms with Crippen LogP contribution in [0.15, 0.2) is 24.3 Å². The van der Waals surface area contributed by atoms with Crippen molar-refractivity contribution in [3.05, 3.63) is 24.3 Å². The average Bonchev–Trinajstić information content (AvgIpc) is 2.30. The summed E-state index contributed by atoms with van der Waals surface area (Å²) in [5.74, 6) is 0.669. The molecule has 0 aliphatic carbocycles. The maximum atomic E-state index is 2.30. The lowest BCUT2D eigenvalue weighted by Gasteiger charge is -1.99. The molecule has 0 atom stereocenters. The van der Waals surface area contributed by atoms with Crippen LogP contribution in [0, 0.1) is 5.92 Å². The van der Waals surface area contributed by atoms with Gasteiger partial charge in [0, 0.05) is 0 Å². The summed E-state index contributed by atoms with van der Waals surface area (Å²) in [7, 11) is 0. The third-order valence-electron chi connectivity index (χ3n) is 2.97. The highest BCUT2D eigenvalue weighted by Crippen LogP contribution is 2.09. The average molecular weight is 236 g/mol. The molecule has 0 saturated carbocycles. The van der Waals surface area contributed by atoms with E-state index in [1.807, 2.05) is 0 Å². The fourth-order valence-corrected chi connectivity index (χ4v) is 1.86. The normalized spacial score (nSPS) is 12.2. The van der Waals surface area contributed by atoms with Gasteiger partial charge in [-0.05, 0) is 18.8 Å². The van der Waals surface area contributed by atoms with E-state index in [2.05, 4.69) is 45.1 Å². The summed E-state index contributed by atoms with van der Waals surface area (Å²) in [4.78, 5) is 0. The molecule has 100 valence electrons. The zero-order valence-corrected chi connectivity index (χ0v) is 12.3. The maximum absolute atomic E-state index is 2.30. The molecule has 0 heterocycles. The molecule has 0 aliphatic rings. The summed E-state index contributed by atoms with van der Waals surface area (Å²) in [6.45, 7) is 6.70. The second kappa shape index (κ2) is 13.5. The molecule has 0 unspecified atom stereocenters. The standard InChI is InChI=1S/C17H32/c1-4-5-6-7-8-9-10-11-12-13-14-15-16-17(2)3/h13-17H,4-12H2,1-3H3. The molecule has 0 spiro atoms. The molecule has 0 fully saturated rings. The van der Waals surface area contributed by atoms with Crippen LogP contribution in [0.4, 0.5) is 0 Å². The Hall–Kier alpha value is -0.520. The topological polar surface area (TPSA) is 0 Å². The van der Waals surface area contributed by atoms with E-state index in [0.29, 0.717) is 5.92 Å². The molecular weight excluding hydrogens is 204 g/mol. The number of hydrogen-bond acceptors (Lipinski definition) is 0. The summed E-state index contributed by atoms with van der Waals surface area (Å²) in [5.41, 5.74) is 0. The Morgan fingerprint density at radius 2 is 1.35 bits per heavy atom. The van der Waals surface area contributed by atoms with Gasteiger partial charge >= 0.3 is 0 Å². The molecule has 0 amide bonds. The Morgan fingerprint density at radius 3 is 1.94 bits per heavy atom. The van der Waals surface area contributed by atoms with E-state index >= 15 is 0 Å². The minimum Gasteiger partial charge on any atom is -0.0845 e. The zero-order valence-electron chi connectivity index (χ0n) is 12.3. The largest absolute Gasteiger partial charge is 0.0845 e. The first-order chi connectivity index (χ1) is 8.27. The molecule has 0 N–H and O–H groups in total. The Balaban J connectivity index is 3.13. The molecular formula is C17H32. The van der Waals surface area contributed by atoms with Crippen LogP contribution >= 0.6 is 0 Å². The van der Waals surface area contributed by atoms with Crippen molar-refractivity contribution in [3.63, 3.8) is 0 Å². The highest BCUT2D eigenvalue weighted by atomic mass is 14.0. The van der Waals surface area contributed by atoms with E-state index < -0.39 is 0 Å².